The lowest BCUT2D eigenvalue weighted by Crippen LogP contribution is -2.55. The number of carbonyl (C=O) groups excluding carboxylic acids is 1. The molecule has 2 N–H and O–H groups in total. The Balaban J connectivity index is 1.87. The Morgan fingerprint density at radius 2 is 2.00 bits per heavy atom. The molecule has 0 radical (unpaired) electrons. The van der Waals surface area contributed by atoms with Gasteiger partial charge in [0.25, 0.3) is 0 Å². The molecular weight excluding hydrogens is 226 g/mol. The topological polar surface area (TPSA) is 44.4 Å². The fourth-order valence-corrected chi connectivity index (χ4v) is 3.28. The van der Waals surface area contributed by atoms with Crippen molar-refractivity contribution in [1.82, 2.24) is 15.5 Å². The van der Waals surface area contributed by atoms with Crippen LogP contribution in [0, 0.1) is 0 Å². The molecule has 0 aromatic carbocycles. The lowest BCUT2D eigenvalue weighted by molar-refractivity contribution is -0.123. The number of hydrogen-bond acceptors (Lipinski definition) is 3. The summed E-state index contributed by atoms with van der Waals surface area (Å²) in [5, 5.41) is 6.43. The summed E-state index contributed by atoms with van der Waals surface area (Å²) >= 11 is 0. The molecule has 0 aromatic heterocycles. The summed E-state index contributed by atoms with van der Waals surface area (Å²) in [5.74, 6) is 0.194. The maximum atomic E-state index is 12.1. The van der Waals surface area contributed by atoms with Crippen LogP contribution in [0.3, 0.4) is 0 Å². The number of nitrogens with zero attached hydrogens (tertiary/aromatic N) is 1. The summed E-state index contributed by atoms with van der Waals surface area (Å²) < 4.78 is 0. The third kappa shape index (κ3) is 3.04. The molecule has 104 valence electrons. The van der Waals surface area contributed by atoms with Crippen molar-refractivity contribution in [3.63, 3.8) is 0 Å². The highest BCUT2D eigenvalue weighted by atomic mass is 16.2. The van der Waals surface area contributed by atoms with Gasteiger partial charge in [-0.25, -0.2) is 0 Å². The van der Waals surface area contributed by atoms with Crippen molar-refractivity contribution in [2.75, 3.05) is 27.2 Å². The summed E-state index contributed by atoms with van der Waals surface area (Å²) in [5.41, 5.74) is 0.187. The number of rotatable bonds is 4. The van der Waals surface area contributed by atoms with E-state index in [0.29, 0.717) is 0 Å². The van der Waals surface area contributed by atoms with Gasteiger partial charge in [-0.1, -0.05) is 19.3 Å². The summed E-state index contributed by atoms with van der Waals surface area (Å²) in [6, 6.07) is 0.0489. The monoisotopic (exact) mass is 253 g/mol. The van der Waals surface area contributed by atoms with Gasteiger partial charge >= 0.3 is 0 Å². The summed E-state index contributed by atoms with van der Waals surface area (Å²) in [6.07, 6.45) is 8.44. The molecule has 0 unspecified atom stereocenters. The maximum absolute atomic E-state index is 12.1. The van der Waals surface area contributed by atoms with Crippen LogP contribution in [0.5, 0.6) is 0 Å². The van der Waals surface area contributed by atoms with E-state index in [4.69, 9.17) is 0 Å². The second-order valence-corrected chi connectivity index (χ2v) is 6.05. The second-order valence-electron chi connectivity index (χ2n) is 6.05. The quantitative estimate of drug-likeness (QED) is 0.789. The molecule has 1 amide bonds. The first-order chi connectivity index (χ1) is 8.64. The van der Waals surface area contributed by atoms with E-state index < -0.39 is 0 Å². The molecule has 0 spiro atoms. The van der Waals surface area contributed by atoms with E-state index in [0.717, 1.165) is 25.9 Å². The number of carbonyl (C=O) groups is 1. The summed E-state index contributed by atoms with van der Waals surface area (Å²) in [4.78, 5) is 14.4. The van der Waals surface area contributed by atoms with Crippen molar-refractivity contribution in [3.8, 4) is 0 Å². The molecule has 1 heterocycles. The van der Waals surface area contributed by atoms with Gasteiger partial charge in [-0.15, -0.1) is 0 Å². The third-order valence-corrected chi connectivity index (χ3v) is 4.70. The zero-order valence-electron chi connectivity index (χ0n) is 11.8. The van der Waals surface area contributed by atoms with Crippen molar-refractivity contribution >= 4 is 5.91 Å². The lowest BCUT2D eigenvalue weighted by Gasteiger charge is -2.43. The number of hydrogen-bond donors (Lipinski definition) is 2. The zero-order valence-corrected chi connectivity index (χ0v) is 11.8. The Hall–Kier alpha value is -0.610. The number of nitrogens with one attached hydrogen (secondary N) is 2. The van der Waals surface area contributed by atoms with Gasteiger partial charge in [-0.3, -0.25) is 4.79 Å². The fraction of sp³-hybridized carbons (Fsp3) is 0.929. The first-order valence-corrected chi connectivity index (χ1v) is 7.33. The van der Waals surface area contributed by atoms with Gasteiger partial charge < -0.3 is 15.5 Å². The number of likely N-dealkylation sites (N-methyl/N-ethyl adjacent to an activating group) is 1. The van der Waals surface area contributed by atoms with E-state index in [1.165, 1.54) is 32.1 Å². The van der Waals surface area contributed by atoms with Crippen molar-refractivity contribution in [2.24, 2.45) is 0 Å². The Bertz CT molecular complexity index is 279. The average molecular weight is 253 g/mol. The van der Waals surface area contributed by atoms with Crippen molar-refractivity contribution in [3.05, 3.63) is 0 Å². The van der Waals surface area contributed by atoms with E-state index in [9.17, 15) is 4.79 Å². The molecule has 4 heteroatoms. The third-order valence-electron chi connectivity index (χ3n) is 4.70. The van der Waals surface area contributed by atoms with Crippen LogP contribution in [0.15, 0.2) is 0 Å². The maximum Gasteiger partial charge on any atom is 0.237 e. The molecular formula is C14H27N3O. The van der Waals surface area contributed by atoms with Crippen LogP contribution in [0.2, 0.25) is 0 Å². The highest BCUT2D eigenvalue weighted by Gasteiger charge is 2.35. The van der Waals surface area contributed by atoms with E-state index in [-0.39, 0.29) is 17.5 Å². The lowest BCUT2D eigenvalue weighted by atomic mass is 9.80. The van der Waals surface area contributed by atoms with Gasteiger partial charge in [0.05, 0.1) is 6.04 Å². The smallest absolute Gasteiger partial charge is 0.237 e. The fourth-order valence-electron chi connectivity index (χ4n) is 3.28. The van der Waals surface area contributed by atoms with Crippen LogP contribution in [-0.2, 0) is 4.79 Å². The van der Waals surface area contributed by atoms with Crippen LogP contribution in [0.1, 0.15) is 44.9 Å². The molecule has 1 atom stereocenters. The van der Waals surface area contributed by atoms with Gasteiger partial charge in [0.2, 0.25) is 5.91 Å². The van der Waals surface area contributed by atoms with Crippen LogP contribution >= 0.6 is 0 Å². The average Bonchev–Trinajstić information content (AvgIpc) is 2.91. The van der Waals surface area contributed by atoms with Crippen LogP contribution < -0.4 is 10.6 Å². The minimum atomic E-state index is 0.0489. The van der Waals surface area contributed by atoms with Crippen molar-refractivity contribution < 1.29 is 4.79 Å². The summed E-state index contributed by atoms with van der Waals surface area (Å²) in [6.45, 7) is 1.79. The largest absolute Gasteiger partial charge is 0.353 e. The zero-order chi connectivity index (χ0) is 13.0. The Labute approximate surface area is 110 Å². The summed E-state index contributed by atoms with van der Waals surface area (Å²) in [7, 11) is 4.29. The normalized spacial score (nSPS) is 27.4. The van der Waals surface area contributed by atoms with E-state index in [1.54, 1.807) is 0 Å². The molecule has 2 rings (SSSR count). The molecule has 1 saturated carbocycles. The molecule has 4 nitrogen and oxygen atoms in total. The predicted molar refractivity (Wildman–Crippen MR) is 73.5 cm³/mol. The Kier molecular flexibility index (Phi) is 4.62. The molecule has 1 aliphatic carbocycles. The second kappa shape index (κ2) is 6.02. The molecule has 1 aliphatic heterocycles. The SMILES string of the molecule is CN(C)C1(CNC(=O)[C@@H]2CCCN2)CCCCC1. The van der Waals surface area contributed by atoms with Gasteiger partial charge in [-0.05, 0) is 46.3 Å². The van der Waals surface area contributed by atoms with Gasteiger partial charge in [0, 0.05) is 12.1 Å². The van der Waals surface area contributed by atoms with Crippen LogP contribution in [0.4, 0.5) is 0 Å². The molecule has 0 aromatic rings. The molecule has 2 fully saturated rings. The first kappa shape index (κ1) is 13.8. The minimum Gasteiger partial charge on any atom is -0.353 e. The van der Waals surface area contributed by atoms with Gasteiger partial charge in [-0.2, -0.15) is 0 Å². The molecule has 1 saturated heterocycles. The van der Waals surface area contributed by atoms with Crippen molar-refractivity contribution in [1.29, 1.82) is 0 Å². The molecule has 2 aliphatic rings. The van der Waals surface area contributed by atoms with E-state index >= 15 is 0 Å². The predicted octanol–water partition coefficient (Wildman–Crippen LogP) is 1.12. The van der Waals surface area contributed by atoms with Crippen LogP contribution in [-0.4, -0.2) is 49.6 Å². The van der Waals surface area contributed by atoms with Crippen molar-refractivity contribution in [2.45, 2.75) is 56.5 Å². The minimum absolute atomic E-state index is 0.0489. The Morgan fingerprint density at radius 1 is 1.28 bits per heavy atom. The van der Waals surface area contributed by atoms with Gasteiger partial charge in [0.15, 0.2) is 0 Å². The standard InChI is InChI=1S/C14H27N3O/c1-17(2)14(8-4-3-5-9-14)11-16-13(18)12-7-6-10-15-12/h12,15H,3-11H2,1-2H3,(H,16,18)/t12-/m0/s1. The van der Waals surface area contributed by atoms with E-state index in [2.05, 4.69) is 29.6 Å². The highest BCUT2D eigenvalue weighted by molar-refractivity contribution is 5.82. The Morgan fingerprint density at radius 3 is 2.56 bits per heavy atom. The van der Waals surface area contributed by atoms with Gasteiger partial charge in [0.1, 0.15) is 0 Å². The highest BCUT2D eigenvalue weighted by Crippen LogP contribution is 2.31. The number of amides is 1. The van der Waals surface area contributed by atoms with Crippen LogP contribution in [0.25, 0.3) is 0 Å². The van der Waals surface area contributed by atoms with E-state index in [1.807, 2.05) is 0 Å². The molecule has 0 bridgehead atoms. The molecule has 18 heavy (non-hydrogen) atoms. The first-order valence-electron chi connectivity index (χ1n) is 7.33.